The van der Waals surface area contributed by atoms with E-state index in [0.29, 0.717) is 12.1 Å². The van der Waals surface area contributed by atoms with Gasteiger partial charge in [0.1, 0.15) is 12.1 Å². The highest BCUT2D eigenvalue weighted by molar-refractivity contribution is 5.22. The van der Waals surface area contributed by atoms with Crippen molar-refractivity contribution >= 4 is 0 Å². The van der Waals surface area contributed by atoms with Gasteiger partial charge in [0.2, 0.25) is 0 Å². The Morgan fingerprint density at radius 1 is 0.714 bits per heavy atom. The monoisotopic (exact) mass is 280 g/mol. The van der Waals surface area contributed by atoms with Crippen molar-refractivity contribution in [3.05, 3.63) is 71.8 Å². The molecule has 2 aromatic rings. The van der Waals surface area contributed by atoms with E-state index in [1.165, 1.54) is 41.5 Å². The second-order valence-corrected chi connectivity index (χ2v) is 6.17. The van der Waals surface area contributed by atoms with E-state index in [2.05, 4.69) is 74.5 Å². The fourth-order valence-electron chi connectivity index (χ4n) is 4.43. The molecule has 2 atom stereocenters. The van der Waals surface area contributed by atoms with Gasteiger partial charge < -0.3 is 4.48 Å². The molecule has 0 N–H and O–H groups in total. The van der Waals surface area contributed by atoms with E-state index in [9.17, 15) is 0 Å². The van der Waals surface area contributed by atoms with Gasteiger partial charge in [0.25, 0.3) is 0 Å². The second kappa shape index (κ2) is 6.03. The van der Waals surface area contributed by atoms with E-state index in [-0.39, 0.29) is 0 Å². The van der Waals surface area contributed by atoms with Gasteiger partial charge in [0.15, 0.2) is 0 Å². The number of rotatable bonds is 4. The van der Waals surface area contributed by atoms with E-state index in [1.807, 2.05) is 0 Å². The number of likely N-dealkylation sites (tertiary alicyclic amines) is 1. The molecule has 2 unspecified atom stereocenters. The van der Waals surface area contributed by atoms with Crippen molar-refractivity contribution in [2.24, 2.45) is 0 Å². The zero-order valence-corrected chi connectivity index (χ0v) is 13.2. The Morgan fingerprint density at radius 3 is 1.43 bits per heavy atom. The average molecular weight is 280 g/mol. The van der Waals surface area contributed by atoms with Gasteiger partial charge in [-0.05, 0) is 13.8 Å². The average Bonchev–Trinajstić information content (AvgIpc) is 2.96. The largest absolute Gasteiger partial charge is 0.312 e. The van der Waals surface area contributed by atoms with Gasteiger partial charge in [-0.2, -0.15) is 0 Å². The normalized spacial score (nSPS) is 24.1. The quantitative estimate of drug-likeness (QED) is 0.682. The van der Waals surface area contributed by atoms with Crippen molar-refractivity contribution in [3.8, 4) is 0 Å². The highest BCUT2D eigenvalue weighted by Crippen LogP contribution is 2.50. The minimum absolute atomic E-state index is 0.645. The van der Waals surface area contributed by atoms with Crippen molar-refractivity contribution in [1.29, 1.82) is 0 Å². The third-order valence-electron chi connectivity index (χ3n) is 5.50. The molecule has 110 valence electrons. The summed E-state index contributed by atoms with van der Waals surface area (Å²) in [6.45, 7) is 7.13. The lowest BCUT2D eigenvalue weighted by molar-refractivity contribution is -0.969. The zero-order valence-electron chi connectivity index (χ0n) is 13.2. The van der Waals surface area contributed by atoms with Crippen LogP contribution in [-0.2, 0) is 0 Å². The molecule has 1 aliphatic heterocycles. The maximum absolute atomic E-state index is 2.36. The Bertz CT molecular complexity index is 507. The Morgan fingerprint density at radius 2 is 1.10 bits per heavy atom. The summed E-state index contributed by atoms with van der Waals surface area (Å²) in [6, 6.07) is 23.5. The van der Waals surface area contributed by atoms with Gasteiger partial charge in [-0.3, -0.25) is 0 Å². The van der Waals surface area contributed by atoms with Crippen molar-refractivity contribution in [1.82, 2.24) is 0 Å². The van der Waals surface area contributed by atoms with E-state index < -0.39 is 0 Å². The highest BCUT2D eigenvalue weighted by atomic mass is 15.4. The summed E-state index contributed by atoms with van der Waals surface area (Å²) in [6.07, 6.45) is 2.59. The molecule has 1 heterocycles. The fourth-order valence-corrected chi connectivity index (χ4v) is 4.43. The molecule has 0 saturated carbocycles. The van der Waals surface area contributed by atoms with Gasteiger partial charge in [-0.15, -0.1) is 0 Å². The molecule has 1 aliphatic rings. The molecule has 0 aliphatic carbocycles. The third kappa shape index (κ3) is 2.40. The zero-order chi connectivity index (χ0) is 14.7. The van der Waals surface area contributed by atoms with Gasteiger partial charge in [-0.1, -0.05) is 60.7 Å². The summed E-state index contributed by atoms with van der Waals surface area (Å²) < 4.78 is 1.20. The molecule has 1 fully saturated rings. The van der Waals surface area contributed by atoms with Crippen molar-refractivity contribution in [3.63, 3.8) is 0 Å². The standard InChI is InChI=1S/C20H26N/c1-3-21(4-2)19(17-11-7-5-8-12-17)15-16-20(21)18-13-9-6-10-14-18/h5-14,19-20H,3-4,15-16H2,1-2H3/q+1. The van der Waals surface area contributed by atoms with Crippen molar-refractivity contribution < 1.29 is 4.48 Å². The summed E-state index contributed by atoms with van der Waals surface area (Å²) in [7, 11) is 0. The summed E-state index contributed by atoms with van der Waals surface area (Å²) >= 11 is 0. The SMILES string of the molecule is CC[N+]1(CC)C(c2ccccc2)CCC1c1ccccc1. The first-order chi connectivity index (χ1) is 10.3. The van der Waals surface area contributed by atoms with E-state index in [4.69, 9.17) is 0 Å². The molecule has 3 rings (SSSR count). The first-order valence-electron chi connectivity index (χ1n) is 8.28. The third-order valence-corrected chi connectivity index (χ3v) is 5.50. The lowest BCUT2D eigenvalue weighted by atomic mass is 10.0. The fraction of sp³-hybridized carbons (Fsp3) is 0.400. The molecule has 1 nitrogen and oxygen atoms in total. The van der Waals surface area contributed by atoms with Crippen LogP contribution in [0, 0.1) is 0 Å². The van der Waals surface area contributed by atoms with Crippen molar-refractivity contribution in [2.45, 2.75) is 38.8 Å². The second-order valence-electron chi connectivity index (χ2n) is 6.17. The molecule has 21 heavy (non-hydrogen) atoms. The van der Waals surface area contributed by atoms with Crippen LogP contribution in [0.15, 0.2) is 60.7 Å². The van der Waals surface area contributed by atoms with Crippen LogP contribution < -0.4 is 0 Å². The summed E-state index contributed by atoms with van der Waals surface area (Å²) in [5.41, 5.74) is 3.03. The Hall–Kier alpha value is -1.60. The molecule has 0 amide bonds. The molecule has 0 radical (unpaired) electrons. The lowest BCUT2D eigenvalue weighted by Crippen LogP contribution is -2.48. The Balaban J connectivity index is 2.01. The molecule has 0 aromatic heterocycles. The maximum Gasteiger partial charge on any atom is 0.115 e. The van der Waals surface area contributed by atoms with Crippen LogP contribution in [0.4, 0.5) is 0 Å². The number of quaternary nitrogens is 1. The summed E-state index contributed by atoms with van der Waals surface area (Å²) in [5, 5.41) is 0. The van der Waals surface area contributed by atoms with Crippen LogP contribution >= 0.6 is 0 Å². The first-order valence-corrected chi connectivity index (χ1v) is 8.28. The van der Waals surface area contributed by atoms with Gasteiger partial charge in [0.05, 0.1) is 13.1 Å². The smallest absolute Gasteiger partial charge is 0.115 e. The van der Waals surface area contributed by atoms with Crippen LogP contribution in [0.25, 0.3) is 0 Å². The number of hydrogen-bond acceptors (Lipinski definition) is 0. The molecular weight excluding hydrogens is 254 g/mol. The topological polar surface area (TPSA) is 0 Å². The van der Waals surface area contributed by atoms with E-state index >= 15 is 0 Å². The van der Waals surface area contributed by atoms with E-state index in [0.717, 1.165) is 0 Å². The van der Waals surface area contributed by atoms with Crippen LogP contribution in [0.5, 0.6) is 0 Å². The summed E-state index contributed by atoms with van der Waals surface area (Å²) in [5.74, 6) is 0. The van der Waals surface area contributed by atoms with Crippen LogP contribution in [0.2, 0.25) is 0 Å². The Labute approximate surface area is 128 Å². The molecule has 0 bridgehead atoms. The molecule has 2 aromatic carbocycles. The maximum atomic E-state index is 2.36. The number of hydrogen-bond donors (Lipinski definition) is 0. The predicted octanol–water partition coefficient (Wildman–Crippen LogP) is 5.12. The lowest BCUT2D eigenvalue weighted by Gasteiger charge is -2.44. The Kier molecular flexibility index (Phi) is 4.12. The first kappa shape index (κ1) is 14.3. The number of nitrogens with zero attached hydrogens (tertiary/aromatic N) is 1. The van der Waals surface area contributed by atoms with Crippen LogP contribution in [0.3, 0.4) is 0 Å². The molecule has 0 spiro atoms. The number of benzene rings is 2. The van der Waals surface area contributed by atoms with Crippen LogP contribution in [0.1, 0.15) is 49.9 Å². The highest BCUT2D eigenvalue weighted by Gasteiger charge is 2.48. The minimum atomic E-state index is 0.645. The molecule has 1 heteroatoms. The van der Waals surface area contributed by atoms with Gasteiger partial charge in [-0.25, -0.2) is 0 Å². The summed E-state index contributed by atoms with van der Waals surface area (Å²) in [4.78, 5) is 0. The van der Waals surface area contributed by atoms with E-state index in [1.54, 1.807) is 0 Å². The van der Waals surface area contributed by atoms with Gasteiger partial charge >= 0.3 is 0 Å². The predicted molar refractivity (Wildman–Crippen MR) is 88.9 cm³/mol. The van der Waals surface area contributed by atoms with Gasteiger partial charge in [0, 0.05) is 24.0 Å². The minimum Gasteiger partial charge on any atom is -0.312 e. The molecular formula is C20H26N+. The van der Waals surface area contributed by atoms with Crippen LogP contribution in [-0.4, -0.2) is 17.6 Å². The molecule has 1 saturated heterocycles. The van der Waals surface area contributed by atoms with Crippen molar-refractivity contribution in [2.75, 3.05) is 13.1 Å².